The van der Waals surface area contributed by atoms with E-state index < -0.39 is 0 Å². The van der Waals surface area contributed by atoms with Crippen molar-refractivity contribution in [3.05, 3.63) is 29.3 Å². The third-order valence-corrected chi connectivity index (χ3v) is 4.82. The Morgan fingerprint density at radius 2 is 1.86 bits per heavy atom. The highest BCUT2D eigenvalue weighted by molar-refractivity contribution is 5.56. The van der Waals surface area contributed by atoms with Gasteiger partial charge in [0.05, 0.1) is 0 Å². The van der Waals surface area contributed by atoms with E-state index in [9.17, 15) is 0 Å². The Kier molecular flexibility index (Phi) is 6.07. The van der Waals surface area contributed by atoms with Gasteiger partial charge in [-0.25, -0.2) is 0 Å². The predicted molar refractivity (Wildman–Crippen MR) is 92.3 cm³/mol. The van der Waals surface area contributed by atoms with Crippen LogP contribution in [0.5, 0.6) is 0 Å². The molecule has 3 nitrogen and oxygen atoms in total. The van der Waals surface area contributed by atoms with E-state index in [2.05, 4.69) is 61.0 Å². The first-order valence-electron chi connectivity index (χ1n) is 8.38. The molecule has 0 aliphatic carbocycles. The average Bonchev–Trinajstić information content (AvgIpc) is 2.51. The molecule has 0 radical (unpaired) electrons. The van der Waals surface area contributed by atoms with Crippen molar-refractivity contribution in [3.8, 4) is 0 Å². The quantitative estimate of drug-likeness (QED) is 0.869. The number of hydrogen-bond acceptors (Lipinski definition) is 3. The number of hydrogen-bond donors (Lipinski definition) is 1. The van der Waals surface area contributed by atoms with E-state index >= 15 is 0 Å². The van der Waals surface area contributed by atoms with Crippen LogP contribution in [0.3, 0.4) is 0 Å². The fraction of sp³-hybridized carbons (Fsp3) is 0.667. The zero-order valence-corrected chi connectivity index (χ0v) is 14.2. The molecule has 1 fully saturated rings. The summed E-state index contributed by atoms with van der Waals surface area (Å²) in [6, 6.07) is 7.29. The smallest absolute Gasteiger partial charge is 0.0399 e. The van der Waals surface area contributed by atoms with E-state index in [-0.39, 0.29) is 0 Å². The van der Waals surface area contributed by atoms with Crippen LogP contribution in [0.1, 0.15) is 31.4 Å². The molecule has 1 aliphatic heterocycles. The van der Waals surface area contributed by atoms with Crippen molar-refractivity contribution in [2.45, 2.75) is 40.2 Å². The number of aryl methyl sites for hydroxylation is 1. The lowest BCUT2D eigenvalue weighted by Gasteiger charge is -2.37. The summed E-state index contributed by atoms with van der Waals surface area (Å²) < 4.78 is 0. The second-order valence-electron chi connectivity index (χ2n) is 6.31. The van der Waals surface area contributed by atoms with Gasteiger partial charge in [0, 0.05) is 51.0 Å². The molecule has 1 aromatic rings. The van der Waals surface area contributed by atoms with Crippen molar-refractivity contribution in [2.24, 2.45) is 0 Å². The van der Waals surface area contributed by atoms with E-state index in [1.54, 1.807) is 0 Å². The number of rotatable bonds is 6. The van der Waals surface area contributed by atoms with Crippen molar-refractivity contribution in [1.29, 1.82) is 0 Å². The molecule has 1 heterocycles. The van der Waals surface area contributed by atoms with E-state index in [1.807, 2.05) is 0 Å². The highest BCUT2D eigenvalue weighted by Gasteiger charge is 2.18. The van der Waals surface area contributed by atoms with Crippen LogP contribution in [0.15, 0.2) is 18.2 Å². The normalized spacial score (nSPS) is 18.0. The van der Waals surface area contributed by atoms with Crippen LogP contribution >= 0.6 is 0 Å². The van der Waals surface area contributed by atoms with Crippen molar-refractivity contribution >= 4 is 5.69 Å². The Balaban J connectivity index is 1.79. The van der Waals surface area contributed by atoms with Gasteiger partial charge in [-0.1, -0.05) is 19.1 Å². The van der Waals surface area contributed by atoms with Crippen LogP contribution < -0.4 is 10.2 Å². The van der Waals surface area contributed by atoms with Gasteiger partial charge < -0.3 is 10.2 Å². The third-order valence-electron chi connectivity index (χ3n) is 4.82. The average molecular weight is 289 g/mol. The molecule has 1 aromatic carbocycles. The van der Waals surface area contributed by atoms with Gasteiger partial charge in [-0.05, 0) is 44.4 Å². The second-order valence-corrected chi connectivity index (χ2v) is 6.31. The van der Waals surface area contributed by atoms with Gasteiger partial charge in [-0.2, -0.15) is 0 Å². The molecular formula is C18H31N3. The molecule has 118 valence electrons. The molecule has 3 heteroatoms. The minimum Gasteiger partial charge on any atom is -0.369 e. The summed E-state index contributed by atoms with van der Waals surface area (Å²) in [5.74, 6) is 0. The van der Waals surface area contributed by atoms with E-state index in [4.69, 9.17) is 0 Å². The first-order valence-corrected chi connectivity index (χ1v) is 8.38. The SMILES string of the molecule is CCC(C)NCCN1CCN(c2cccc(C)c2C)CC1. The van der Waals surface area contributed by atoms with Gasteiger partial charge in [0.2, 0.25) is 0 Å². The van der Waals surface area contributed by atoms with Crippen LogP contribution in [0.2, 0.25) is 0 Å². The number of nitrogens with zero attached hydrogens (tertiary/aromatic N) is 2. The van der Waals surface area contributed by atoms with E-state index in [1.165, 1.54) is 42.9 Å². The molecule has 1 unspecified atom stereocenters. The molecule has 0 bridgehead atoms. The number of nitrogens with one attached hydrogen (secondary N) is 1. The standard InChI is InChI=1S/C18H31N3/c1-5-16(3)19-9-10-20-11-13-21(14-12-20)18-8-6-7-15(2)17(18)4/h6-8,16,19H,5,9-14H2,1-4H3. The summed E-state index contributed by atoms with van der Waals surface area (Å²) in [7, 11) is 0. The molecule has 0 saturated carbocycles. The third kappa shape index (κ3) is 4.45. The van der Waals surface area contributed by atoms with Crippen LogP contribution in [-0.2, 0) is 0 Å². The molecule has 2 rings (SSSR count). The Bertz CT molecular complexity index is 436. The fourth-order valence-electron chi connectivity index (χ4n) is 2.90. The molecule has 1 saturated heterocycles. The maximum absolute atomic E-state index is 3.58. The molecule has 21 heavy (non-hydrogen) atoms. The maximum Gasteiger partial charge on any atom is 0.0399 e. The van der Waals surface area contributed by atoms with Crippen LogP contribution in [0.25, 0.3) is 0 Å². The lowest BCUT2D eigenvalue weighted by molar-refractivity contribution is 0.254. The minimum absolute atomic E-state index is 0.640. The largest absolute Gasteiger partial charge is 0.369 e. The highest BCUT2D eigenvalue weighted by Crippen LogP contribution is 2.23. The zero-order chi connectivity index (χ0) is 15.2. The van der Waals surface area contributed by atoms with Gasteiger partial charge in [0.1, 0.15) is 0 Å². The molecule has 0 amide bonds. The van der Waals surface area contributed by atoms with E-state index in [0.717, 1.165) is 19.6 Å². The lowest BCUT2D eigenvalue weighted by Crippen LogP contribution is -2.48. The van der Waals surface area contributed by atoms with Gasteiger partial charge in [0.15, 0.2) is 0 Å². The Labute approximate surface area is 130 Å². The first-order chi connectivity index (χ1) is 10.1. The molecule has 1 atom stereocenters. The number of anilines is 1. The van der Waals surface area contributed by atoms with Crippen molar-refractivity contribution in [1.82, 2.24) is 10.2 Å². The molecular weight excluding hydrogens is 258 g/mol. The van der Waals surface area contributed by atoms with Crippen LogP contribution in [-0.4, -0.2) is 50.2 Å². The summed E-state index contributed by atoms with van der Waals surface area (Å²) in [5.41, 5.74) is 4.25. The summed E-state index contributed by atoms with van der Waals surface area (Å²) >= 11 is 0. The Hall–Kier alpha value is -1.06. The molecule has 0 aromatic heterocycles. The van der Waals surface area contributed by atoms with Gasteiger partial charge in [-0.15, -0.1) is 0 Å². The number of piperazine rings is 1. The van der Waals surface area contributed by atoms with Crippen LogP contribution in [0, 0.1) is 13.8 Å². The molecule has 1 N–H and O–H groups in total. The predicted octanol–water partition coefficient (Wildman–Crippen LogP) is 2.81. The summed E-state index contributed by atoms with van der Waals surface area (Å²) in [6.45, 7) is 15.9. The Morgan fingerprint density at radius 1 is 1.14 bits per heavy atom. The number of benzene rings is 1. The molecule has 1 aliphatic rings. The lowest BCUT2D eigenvalue weighted by atomic mass is 10.1. The van der Waals surface area contributed by atoms with E-state index in [0.29, 0.717) is 6.04 Å². The second kappa shape index (κ2) is 7.81. The summed E-state index contributed by atoms with van der Waals surface area (Å²) in [4.78, 5) is 5.12. The first kappa shape index (κ1) is 16.3. The van der Waals surface area contributed by atoms with Gasteiger partial charge in [-0.3, -0.25) is 4.90 Å². The van der Waals surface area contributed by atoms with Crippen LogP contribution in [0.4, 0.5) is 5.69 Å². The van der Waals surface area contributed by atoms with Crippen molar-refractivity contribution < 1.29 is 0 Å². The maximum atomic E-state index is 3.58. The monoisotopic (exact) mass is 289 g/mol. The fourth-order valence-corrected chi connectivity index (χ4v) is 2.90. The summed E-state index contributed by atoms with van der Waals surface area (Å²) in [6.07, 6.45) is 1.21. The summed E-state index contributed by atoms with van der Waals surface area (Å²) in [5, 5.41) is 3.58. The topological polar surface area (TPSA) is 18.5 Å². The Morgan fingerprint density at radius 3 is 2.52 bits per heavy atom. The van der Waals surface area contributed by atoms with Gasteiger partial charge >= 0.3 is 0 Å². The van der Waals surface area contributed by atoms with Crippen molar-refractivity contribution in [2.75, 3.05) is 44.2 Å². The van der Waals surface area contributed by atoms with Gasteiger partial charge in [0.25, 0.3) is 0 Å². The molecule has 0 spiro atoms. The minimum atomic E-state index is 0.640. The van der Waals surface area contributed by atoms with Crippen molar-refractivity contribution in [3.63, 3.8) is 0 Å². The highest BCUT2D eigenvalue weighted by atomic mass is 15.3. The zero-order valence-electron chi connectivity index (χ0n) is 14.2.